The highest BCUT2D eigenvalue weighted by atomic mass is 32.1. The van der Waals surface area contributed by atoms with Crippen LogP contribution in [0.1, 0.15) is 0 Å². The molecular weight excluding hydrogens is 1510 g/mol. The number of aromatic nitrogens is 7. The van der Waals surface area contributed by atoms with Gasteiger partial charge in [-0.1, -0.05) is 231 Å². The predicted molar refractivity (Wildman–Crippen MR) is 502 cm³/mol. The van der Waals surface area contributed by atoms with E-state index in [9.17, 15) is 0 Å². The first-order valence-electron chi connectivity index (χ1n) is 40.6. The van der Waals surface area contributed by atoms with E-state index >= 15 is 0 Å². The summed E-state index contributed by atoms with van der Waals surface area (Å²) in [7, 11) is 0. The molecule has 26 rings (SSSR count). The Hall–Kier alpha value is -16.5. The molecule has 0 aliphatic rings. The molecule has 0 bridgehead atoms. The summed E-state index contributed by atoms with van der Waals surface area (Å²) >= 11 is 1.72. The minimum atomic E-state index is 0.487. The lowest BCUT2D eigenvalue weighted by Crippen LogP contribution is -1.99. The van der Waals surface area contributed by atoms with Crippen molar-refractivity contribution >= 4 is 179 Å². The van der Waals surface area contributed by atoms with Gasteiger partial charge >= 0.3 is 0 Å². The highest BCUT2D eigenvalue weighted by molar-refractivity contribution is 7.25. The normalized spacial score (nSPS) is 11.9. The molecule has 0 aliphatic carbocycles. The monoisotopic (exact) mass is 1570 g/mol. The molecular formula is C110H62N8O3S. The number of para-hydroxylation sites is 4. The smallest absolute Gasteiger partial charge is 0.231 e. The number of furan rings is 3. The second kappa shape index (κ2) is 27.3. The first kappa shape index (κ1) is 68.7. The Morgan fingerprint density at radius 2 is 0.746 bits per heavy atom. The maximum atomic E-state index is 7.35. The average Bonchev–Trinajstić information content (AvgIpc) is 1.59. The average molecular weight is 1580 g/mol. The Balaban J connectivity index is 0.000000136. The van der Waals surface area contributed by atoms with Crippen molar-refractivity contribution < 1.29 is 13.3 Å². The van der Waals surface area contributed by atoms with Crippen LogP contribution >= 0.6 is 11.3 Å². The van der Waals surface area contributed by atoms with Gasteiger partial charge in [0, 0.05) is 98.1 Å². The van der Waals surface area contributed by atoms with Gasteiger partial charge in [-0.3, -0.25) is 4.57 Å². The van der Waals surface area contributed by atoms with Gasteiger partial charge in [0.05, 0.1) is 45.4 Å². The van der Waals surface area contributed by atoms with E-state index in [1.807, 2.05) is 85.1 Å². The molecule has 11 nitrogen and oxygen atoms in total. The summed E-state index contributed by atoms with van der Waals surface area (Å²) < 4.78 is 24.9. The third-order valence-corrected chi connectivity index (χ3v) is 25.3. The van der Waals surface area contributed by atoms with Crippen LogP contribution in [0.3, 0.4) is 0 Å². The van der Waals surface area contributed by atoms with Crippen molar-refractivity contribution in [2.45, 2.75) is 0 Å². The zero-order valence-electron chi connectivity index (χ0n) is 65.0. The lowest BCUT2D eigenvalue weighted by molar-refractivity contribution is 0.654. The van der Waals surface area contributed by atoms with E-state index in [2.05, 4.69) is 305 Å². The highest BCUT2D eigenvalue weighted by Gasteiger charge is 2.25. The van der Waals surface area contributed by atoms with Crippen LogP contribution in [-0.2, 0) is 0 Å². The van der Waals surface area contributed by atoms with E-state index in [0.29, 0.717) is 28.6 Å². The molecule has 17 aromatic carbocycles. The molecule has 9 aromatic heterocycles. The number of thiophene rings is 1. The lowest BCUT2D eigenvalue weighted by atomic mass is 9.98. The van der Waals surface area contributed by atoms with Crippen molar-refractivity contribution in [3.05, 3.63) is 388 Å². The van der Waals surface area contributed by atoms with Crippen LogP contribution in [-0.4, -0.2) is 34.1 Å². The second-order valence-electron chi connectivity index (χ2n) is 31.3. The van der Waals surface area contributed by atoms with E-state index in [0.717, 1.165) is 154 Å². The van der Waals surface area contributed by atoms with Crippen LogP contribution in [0.25, 0.3) is 257 Å². The van der Waals surface area contributed by atoms with Crippen LogP contribution < -0.4 is 0 Å². The fourth-order valence-electron chi connectivity index (χ4n) is 18.3. The van der Waals surface area contributed by atoms with E-state index < -0.39 is 0 Å². The summed E-state index contributed by atoms with van der Waals surface area (Å²) in [5.41, 5.74) is 23.0. The second-order valence-corrected chi connectivity index (χ2v) is 32.3. The summed E-state index contributed by atoms with van der Waals surface area (Å²) in [5.74, 6) is 2.02. The number of benzene rings is 17. The molecule has 0 fully saturated rings. The minimum Gasteiger partial charge on any atom is -0.456 e. The van der Waals surface area contributed by atoms with Gasteiger partial charge in [-0.2, -0.15) is 4.98 Å². The Morgan fingerprint density at radius 1 is 0.270 bits per heavy atom. The predicted octanol–water partition coefficient (Wildman–Crippen LogP) is 30.3. The van der Waals surface area contributed by atoms with Crippen LogP contribution in [0.2, 0.25) is 0 Å². The highest BCUT2D eigenvalue weighted by Crippen LogP contribution is 2.47. The number of hydrogen-bond acceptors (Lipinski definition) is 9. The van der Waals surface area contributed by atoms with Crippen molar-refractivity contribution in [3.8, 4) is 90.2 Å². The van der Waals surface area contributed by atoms with Crippen LogP contribution in [0.4, 0.5) is 5.69 Å². The molecule has 122 heavy (non-hydrogen) atoms. The molecule has 0 spiro atoms. The van der Waals surface area contributed by atoms with Gasteiger partial charge in [0.15, 0.2) is 17.3 Å². The quantitative estimate of drug-likeness (QED) is 0.131. The molecule has 9 heterocycles. The lowest BCUT2D eigenvalue weighted by Gasteiger charge is -2.11. The standard InChI is InChI=1S/C60H35N3OS.C50H27N5O2/c1-2-10-36(11-3-1)37-18-20-38(21-19-37)43-26-29-56-51(33-43)57-58(44-25-28-55-50(34-44)48-15-7-9-17-54(48)64-55)61-59(62-60(57)65-56)45-23-22-42-31-46(27-24-41(42)30-45)63-52-16-8-6-14-47(52)49-32-39-12-4-5-13-40(39)35-53(49)63;1-51-35-19-14-29(15-20-35)32-16-21-38-45(27-32)57-50-47(38)48(33-17-22-44-40(25-33)37-11-5-7-13-43(37)56-44)53-49(54-50)34-18-23-46(52-28-34)55-41-12-6-4-10-36(41)39-24-30-8-2-3-9-31(30)26-42(39)55/h1-35H;2-28H. The Morgan fingerprint density at radius 3 is 1.39 bits per heavy atom. The van der Waals surface area contributed by atoms with Gasteiger partial charge in [0.1, 0.15) is 38.6 Å². The third-order valence-electron chi connectivity index (χ3n) is 24.3. The van der Waals surface area contributed by atoms with Gasteiger partial charge in [-0.15, -0.1) is 11.3 Å². The van der Waals surface area contributed by atoms with Crippen molar-refractivity contribution in [1.82, 2.24) is 34.1 Å². The molecule has 0 aliphatic heterocycles. The van der Waals surface area contributed by atoms with Crippen LogP contribution in [0, 0.1) is 6.57 Å². The van der Waals surface area contributed by atoms with Gasteiger partial charge in [-0.05, 0) is 205 Å². The largest absolute Gasteiger partial charge is 0.456 e. The molecule has 0 radical (unpaired) electrons. The van der Waals surface area contributed by atoms with Crippen molar-refractivity contribution in [2.24, 2.45) is 0 Å². The maximum Gasteiger partial charge on any atom is 0.231 e. The summed E-state index contributed by atoms with van der Waals surface area (Å²) in [6.07, 6.45) is 1.85. The van der Waals surface area contributed by atoms with Gasteiger partial charge in [-0.25, -0.2) is 24.8 Å². The molecule has 0 N–H and O–H groups in total. The topological polar surface area (TPSA) is 118 Å². The van der Waals surface area contributed by atoms with Crippen LogP contribution in [0.15, 0.2) is 389 Å². The van der Waals surface area contributed by atoms with E-state index in [-0.39, 0.29) is 0 Å². The summed E-state index contributed by atoms with van der Waals surface area (Å²) in [4.78, 5) is 30.7. The van der Waals surface area contributed by atoms with Crippen molar-refractivity contribution in [3.63, 3.8) is 0 Å². The van der Waals surface area contributed by atoms with Crippen LogP contribution in [0.5, 0.6) is 0 Å². The fourth-order valence-corrected chi connectivity index (χ4v) is 19.4. The SMILES string of the molecule is [C-]#[N+]c1ccc(-c2ccc3c(c2)oc2nc(-c4ccc(-n5c6ccccc6c6cc7ccccc7cc65)nc4)nc(-c4ccc5oc6ccccc6c5c4)c23)cc1.c1ccc(-c2ccc(-c3ccc4sc5nc(-c6ccc7cc(-n8c9ccccc9c9cc%10ccccc%10cc98)ccc7c6)nc(-c6ccc7oc8ccccc8c7c6)c5c4c3)cc2)cc1. The first-order chi connectivity index (χ1) is 60.3. The van der Waals surface area contributed by atoms with Gasteiger partial charge in [0.25, 0.3) is 0 Å². The van der Waals surface area contributed by atoms with Crippen molar-refractivity contribution in [1.29, 1.82) is 0 Å². The van der Waals surface area contributed by atoms with E-state index in [1.165, 1.54) is 75.5 Å². The number of hydrogen-bond donors (Lipinski definition) is 0. The molecule has 0 atom stereocenters. The fraction of sp³-hybridized carbons (Fsp3) is 0. The Kier molecular flexibility index (Phi) is 15.4. The molecule has 12 heteroatoms. The molecule has 0 saturated heterocycles. The molecule has 566 valence electrons. The van der Waals surface area contributed by atoms with E-state index in [1.54, 1.807) is 11.3 Å². The zero-order valence-corrected chi connectivity index (χ0v) is 65.8. The van der Waals surface area contributed by atoms with Crippen molar-refractivity contribution in [2.75, 3.05) is 0 Å². The first-order valence-corrected chi connectivity index (χ1v) is 41.5. The minimum absolute atomic E-state index is 0.487. The maximum absolute atomic E-state index is 7.35. The Bertz CT molecular complexity index is 8910. The third kappa shape index (κ3) is 11.2. The number of pyridine rings is 1. The molecule has 26 aromatic rings. The Labute approximate surface area is 699 Å². The number of fused-ring (bicyclic) bond motifs is 21. The van der Waals surface area contributed by atoms with Gasteiger partial charge in [0.2, 0.25) is 5.71 Å². The summed E-state index contributed by atoms with van der Waals surface area (Å²) in [6, 6.07) is 130. The summed E-state index contributed by atoms with van der Waals surface area (Å²) in [6.45, 7) is 7.35. The van der Waals surface area contributed by atoms with Gasteiger partial charge < -0.3 is 17.8 Å². The molecule has 0 saturated carbocycles. The number of nitrogens with zero attached hydrogens (tertiary/aromatic N) is 8. The number of rotatable bonds is 9. The summed E-state index contributed by atoms with van der Waals surface area (Å²) in [5, 5.41) is 20.2. The molecule has 0 amide bonds. The zero-order chi connectivity index (χ0) is 80.2. The molecule has 0 unspecified atom stereocenters. The van der Waals surface area contributed by atoms with E-state index in [4.69, 9.17) is 44.7 Å².